The second-order valence-electron chi connectivity index (χ2n) is 9.53. The maximum absolute atomic E-state index is 13.8. The third-order valence-corrected chi connectivity index (χ3v) is 6.15. The van der Waals surface area contributed by atoms with Gasteiger partial charge in [-0.15, -0.1) is 0 Å². The summed E-state index contributed by atoms with van der Waals surface area (Å²) in [6.45, 7) is 2.73. The molecule has 0 saturated carbocycles. The van der Waals surface area contributed by atoms with Crippen LogP contribution < -0.4 is 10.6 Å². The minimum atomic E-state index is -0.940. The van der Waals surface area contributed by atoms with Gasteiger partial charge in [-0.3, -0.25) is 9.59 Å². The highest BCUT2D eigenvalue weighted by Gasteiger charge is 2.29. The smallest absolute Gasteiger partial charge is 0.307 e. The van der Waals surface area contributed by atoms with E-state index in [0.29, 0.717) is 33.6 Å². The van der Waals surface area contributed by atoms with Gasteiger partial charge < -0.3 is 25.5 Å². The Morgan fingerprint density at radius 2 is 1.73 bits per heavy atom. The number of carboxylic acid groups (broad SMARTS) is 1. The monoisotopic (exact) mass is 502 g/mol. The van der Waals surface area contributed by atoms with Gasteiger partial charge in [-0.05, 0) is 74.2 Å². The number of hydrogen-bond acceptors (Lipinski definition) is 5. The van der Waals surface area contributed by atoms with Crippen LogP contribution in [0.3, 0.4) is 0 Å². The number of carbonyl (C=O) groups excluding carboxylic acids is 1. The van der Waals surface area contributed by atoms with Crippen molar-refractivity contribution in [3.05, 3.63) is 94.8 Å². The fourth-order valence-corrected chi connectivity index (χ4v) is 4.28. The summed E-state index contributed by atoms with van der Waals surface area (Å²) < 4.78 is 13.8. The van der Waals surface area contributed by atoms with E-state index < -0.39 is 11.8 Å². The first-order valence-corrected chi connectivity index (χ1v) is 12.1. The molecular weight excluding hydrogens is 471 g/mol. The lowest BCUT2D eigenvalue weighted by Gasteiger charge is -2.20. The number of halogens is 1. The molecule has 1 heterocycles. The van der Waals surface area contributed by atoms with Crippen molar-refractivity contribution in [1.29, 1.82) is 0 Å². The number of fused-ring (bicyclic) bond motifs is 1. The Labute approximate surface area is 216 Å². The van der Waals surface area contributed by atoms with E-state index in [4.69, 9.17) is 0 Å². The zero-order valence-electron chi connectivity index (χ0n) is 21.2. The van der Waals surface area contributed by atoms with Crippen LogP contribution in [-0.2, 0) is 22.6 Å². The molecule has 0 aromatic heterocycles. The summed E-state index contributed by atoms with van der Waals surface area (Å²) >= 11 is 0. The number of nitrogens with one attached hydrogen (secondary N) is 2. The summed E-state index contributed by atoms with van der Waals surface area (Å²) in [6.07, 6.45) is -0.138. The molecule has 192 valence electrons. The van der Waals surface area contributed by atoms with Crippen LogP contribution in [0, 0.1) is 5.82 Å². The summed E-state index contributed by atoms with van der Waals surface area (Å²) in [4.78, 5) is 28.8. The minimum absolute atomic E-state index is 0.138. The van der Waals surface area contributed by atoms with Gasteiger partial charge in [0.2, 0.25) is 0 Å². The molecule has 3 N–H and O–H groups in total. The van der Waals surface area contributed by atoms with Crippen molar-refractivity contribution >= 4 is 34.5 Å². The van der Waals surface area contributed by atoms with E-state index in [1.54, 1.807) is 24.3 Å². The standard InChI is InChI=1S/C29H31FN4O3/c1-33(2)13-14-34(3)18-19-7-10-23(11-8-19)31-28(21-6-4-5-20(15-21)16-26(35)36)27-24-12-9-22(30)17-25(24)32-29(27)37/h4-12,15,17,31H,13-14,16,18H2,1-3H3,(H,32,37)(H,35,36)/b28-27-. The van der Waals surface area contributed by atoms with Gasteiger partial charge in [-0.25, -0.2) is 4.39 Å². The number of rotatable bonds is 10. The van der Waals surface area contributed by atoms with E-state index in [1.165, 1.54) is 12.1 Å². The van der Waals surface area contributed by atoms with Crippen LogP contribution in [0.1, 0.15) is 22.3 Å². The molecule has 0 fully saturated rings. The van der Waals surface area contributed by atoms with Crippen LogP contribution in [0.25, 0.3) is 11.3 Å². The van der Waals surface area contributed by atoms with Gasteiger partial charge in [0.1, 0.15) is 5.82 Å². The Morgan fingerprint density at radius 1 is 0.973 bits per heavy atom. The highest BCUT2D eigenvalue weighted by atomic mass is 19.1. The Morgan fingerprint density at radius 3 is 2.43 bits per heavy atom. The first-order chi connectivity index (χ1) is 17.7. The Bertz CT molecular complexity index is 1340. The van der Waals surface area contributed by atoms with Crippen molar-refractivity contribution in [3.8, 4) is 0 Å². The highest BCUT2D eigenvalue weighted by Crippen LogP contribution is 2.38. The first kappa shape index (κ1) is 26.1. The average molecular weight is 503 g/mol. The molecule has 4 rings (SSSR count). The van der Waals surface area contributed by atoms with Crippen molar-refractivity contribution in [1.82, 2.24) is 9.80 Å². The second-order valence-corrected chi connectivity index (χ2v) is 9.53. The SMILES string of the molecule is CN(C)CCN(C)Cc1ccc(N/C(=C2\C(=O)Nc3cc(F)ccc32)c2cccc(CC(=O)O)c2)cc1. The van der Waals surface area contributed by atoms with E-state index in [1.807, 2.05) is 30.3 Å². The molecule has 1 aliphatic heterocycles. The lowest BCUT2D eigenvalue weighted by Crippen LogP contribution is -2.28. The summed E-state index contributed by atoms with van der Waals surface area (Å²) in [6, 6.07) is 19.2. The van der Waals surface area contributed by atoms with Gasteiger partial charge in [0.25, 0.3) is 5.91 Å². The third-order valence-electron chi connectivity index (χ3n) is 6.15. The van der Waals surface area contributed by atoms with Gasteiger partial charge >= 0.3 is 5.97 Å². The molecular formula is C29H31FN4O3. The van der Waals surface area contributed by atoms with Gasteiger partial charge in [-0.1, -0.05) is 30.3 Å². The molecule has 7 nitrogen and oxygen atoms in total. The summed E-state index contributed by atoms with van der Waals surface area (Å²) in [5.41, 5.74) is 5.07. The molecule has 3 aromatic rings. The Hall–Kier alpha value is -4.01. The second kappa shape index (κ2) is 11.4. The number of anilines is 2. The zero-order chi connectivity index (χ0) is 26.5. The van der Waals surface area contributed by atoms with E-state index >= 15 is 0 Å². The third kappa shape index (κ3) is 6.61. The number of hydrogen-bond donors (Lipinski definition) is 3. The maximum Gasteiger partial charge on any atom is 0.307 e. The van der Waals surface area contributed by atoms with Crippen molar-refractivity contribution in [3.63, 3.8) is 0 Å². The highest BCUT2D eigenvalue weighted by molar-refractivity contribution is 6.37. The molecule has 0 bridgehead atoms. The number of amides is 1. The van der Waals surface area contributed by atoms with E-state index in [9.17, 15) is 19.1 Å². The zero-order valence-corrected chi connectivity index (χ0v) is 21.2. The van der Waals surface area contributed by atoms with Crippen LogP contribution in [0.5, 0.6) is 0 Å². The van der Waals surface area contributed by atoms with Crippen molar-refractivity contribution < 1.29 is 19.1 Å². The number of carbonyl (C=O) groups is 2. The fourth-order valence-electron chi connectivity index (χ4n) is 4.28. The summed E-state index contributed by atoms with van der Waals surface area (Å²) in [5.74, 6) is -1.74. The number of carboxylic acids is 1. The lowest BCUT2D eigenvalue weighted by molar-refractivity contribution is -0.136. The number of likely N-dealkylation sites (N-methyl/N-ethyl adjacent to an activating group) is 2. The van der Waals surface area contributed by atoms with Gasteiger partial charge in [-0.2, -0.15) is 0 Å². The molecule has 1 aliphatic rings. The van der Waals surface area contributed by atoms with Crippen molar-refractivity contribution in [2.75, 3.05) is 44.9 Å². The average Bonchev–Trinajstić information content (AvgIpc) is 3.16. The topological polar surface area (TPSA) is 84.9 Å². The molecule has 0 unspecified atom stereocenters. The number of benzene rings is 3. The van der Waals surface area contributed by atoms with Crippen LogP contribution in [0.2, 0.25) is 0 Å². The molecule has 0 atom stereocenters. The first-order valence-electron chi connectivity index (χ1n) is 12.1. The Balaban J connectivity index is 1.68. The fraction of sp³-hybridized carbons (Fsp3) is 0.241. The molecule has 0 spiro atoms. The molecule has 3 aromatic carbocycles. The van der Waals surface area contributed by atoms with Gasteiger partial charge in [0.05, 0.1) is 23.4 Å². The van der Waals surface area contributed by atoms with Crippen molar-refractivity contribution in [2.45, 2.75) is 13.0 Å². The van der Waals surface area contributed by atoms with Gasteiger partial charge in [0.15, 0.2) is 0 Å². The van der Waals surface area contributed by atoms with Gasteiger partial charge in [0, 0.05) is 30.9 Å². The molecule has 37 heavy (non-hydrogen) atoms. The predicted molar refractivity (Wildman–Crippen MR) is 145 cm³/mol. The molecule has 8 heteroatoms. The van der Waals surface area contributed by atoms with Crippen LogP contribution in [0.15, 0.2) is 66.7 Å². The molecule has 0 aliphatic carbocycles. The summed E-state index contributed by atoms with van der Waals surface area (Å²) in [5, 5.41) is 15.4. The minimum Gasteiger partial charge on any atom is -0.481 e. The van der Waals surface area contributed by atoms with Crippen LogP contribution in [0.4, 0.5) is 15.8 Å². The van der Waals surface area contributed by atoms with Crippen LogP contribution in [-0.4, -0.2) is 61.0 Å². The Kier molecular flexibility index (Phi) is 8.01. The number of nitrogens with zero attached hydrogens (tertiary/aromatic N) is 2. The van der Waals surface area contributed by atoms with E-state index in [-0.39, 0.29) is 12.3 Å². The maximum atomic E-state index is 13.8. The van der Waals surface area contributed by atoms with Crippen LogP contribution >= 0.6 is 0 Å². The normalized spacial score (nSPS) is 14.1. The number of aliphatic carboxylic acids is 1. The largest absolute Gasteiger partial charge is 0.481 e. The molecule has 0 radical (unpaired) electrons. The summed E-state index contributed by atoms with van der Waals surface area (Å²) in [7, 11) is 6.19. The van der Waals surface area contributed by atoms with E-state index in [0.717, 1.165) is 30.9 Å². The quantitative estimate of drug-likeness (QED) is 0.357. The predicted octanol–water partition coefficient (Wildman–Crippen LogP) is 4.38. The lowest BCUT2D eigenvalue weighted by atomic mass is 9.98. The molecule has 0 saturated heterocycles. The molecule has 1 amide bonds. The van der Waals surface area contributed by atoms with E-state index in [2.05, 4.69) is 41.6 Å². The van der Waals surface area contributed by atoms with Crippen molar-refractivity contribution in [2.24, 2.45) is 0 Å².